The second-order valence-electron chi connectivity index (χ2n) is 5.76. The van der Waals surface area contributed by atoms with Crippen molar-refractivity contribution in [2.75, 3.05) is 12.4 Å². The molecule has 0 unspecified atom stereocenters. The lowest BCUT2D eigenvalue weighted by molar-refractivity contribution is 0.102. The van der Waals surface area contributed by atoms with Crippen LogP contribution in [0.2, 0.25) is 0 Å². The first-order valence-electron chi connectivity index (χ1n) is 8.08. The predicted octanol–water partition coefficient (Wildman–Crippen LogP) is 4.75. The van der Waals surface area contributed by atoms with E-state index in [9.17, 15) is 9.90 Å². The summed E-state index contributed by atoms with van der Waals surface area (Å²) in [5.41, 5.74) is 2.10. The summed E-state index contributed by atoms with van der Waals surface area (Å²) in [7, 11) is 1.56. The Kier molecular flexibility index (Phi) is 5.08. The largest absolute Gasteiger partial charge is 0.508 e. The van der Waals surface area contributed by atoms with E-state index in [4.69, 9.17) is 9.47 Å². The van der Waals surface area contributed by atoms with Crippen LogP contribution < -0.4 is 14.8 Å². The number of phenolic OH excluding ortho intramolecular Hbond substituents is 1. The fourth-order valence-electron chi connectivity index (χ4n) is 2.45. The number of hydrogen-bond acceptors (Lipinski definition) is 4. The molecule has 0 aliphatic rings. The lowest BCUT2D eigenvalue weighted by atomic mass is 10.1. The minimum Gasteiger partial charge on any atom is -0.508 e. The first-order valence-corrected chi connectivity index (χ1v) is 8.08. The maximum absolute atomic E-state index is 12.4. The number of ether oxygens (including phenoxy) is 2. The molecule has 5 heteroatoms. The number of anilines is 1. The Morgan fingerprint density at radius 2 is 1.65 bits per heavy atom. The second-order valence-corrected chi connectivity index (χ2v) is 5.76. The van der Waals surface area contributed by atoms with Crippen molar-refractivity contribution in [3.8, 4) is 23.0 Å². The van der Waals surface area contributed by atoms with Crippen molar-refractivity contribution in [1.82, 2.24) is 0 Å². The van der Waals surface area contributed by atoms with Crippen LogP contribution in [0.4, 0.5) is 5.69 Å². The van der Waals surface area contributed by atoms with Crippen LogP contribution in [-0.4, -0.2) is 18.1 Å². The number of hydrogen-bond donors (Lipinski definition) is 2. The van der Waals surface area contributed by atoms with Crippen molar-refractivity contribution in [3.63, 3.8) is 0 Å². The molecule has 0 aliphatic heterocycles. The molecule has 26 heavy (non-hydrogen) atoms. The summed E-state index contributed by atoms with van der Waals surface area (Å²) in [6.45, 7) is 1.89. The van der Waals surface area contributed by atoms with Gasteiger partial charge < -0.3 is 19.9 Å². The molecule has 1 amide bonds. The molecule has 2 N–H and O–H groups in total. The Balaban J connectivity index is 1.72. The number of amides is 1. The van der Waals surface area contributed by atoms with Crippen LogP contribution in [0.5, 0.6) is 23.0 Å². The molecule has 0 fully saturated rings. The van der Waals surface area contributed by atoms with Gasteiger partial charge in [-0.15, -0.1) is 0 Å². The van der Waals surface area contributed by atoms with E-state index < -0.39 is 0 Å². The van der Waals surface area contributed by atoms with Gasteiger partial charge >= 0.3 is 0 Å². The van der Waals surface area contributed by atoms with Crippen molar-refractivity contribution in [2.45, 2.75) is 6.92 Å². The SMILES string of the molecule is COc1cccc(C(=O)Nc2ccc(Oc3ccc(O)cc3)cc2C)c1. The van der Waals surface area contributed by atoms with Gasteiger partial charge in [-0.2, -0.15) is 0 Å². The monoisotopic (exact) mass is 349 g/mol. The number of nitrogens with one attached hydrogen (secondary N) is 1. The fourth-order valence-corrected chi connectivity index (χ4v) is 2.45. The van der Waals surface area contributed by atoms with Crippen LogP contribution in [0.15, 0.2) is 66.7 Å². The molecular weight excluding hydrogens is 330 g/mol. The zero-order valence-electron chi connectivity index (χ0n) is 14.5. The predicted molar refractivity (Wildman–Crippen MR) is 100 cm³/mol. The Morgan fingerprint density at radius 3 is 2.35 bits per heavy atom. The van der Waals surface area contributed by atoms with E-state index in [1.807, 2.05) is 13.0 Å². The van der Waals surface area contributed by atoms with Crippen LogP contribution in [0.1, 0.15) is 15.9 Å². The van der Waals surface area contributed by atoms with Crippen molar-refractivity contribution < 1.29 is 19.4 Å². The molecule has 5 nitrogen and oxygen atoms in total. The maximum atomic E-state index is 12.4. The zero-order chi connectivity index (χ0) is 18.5. The molecule has 132 valence electrons. The quantitative estimate of drug-likeness (QED) is 0.697. The highest BCUT2D eigenvalue weighted by Gasteiger charge is 2.09. The van der Waals surface area contributed by atoms with E-state index in [1.54, 1.807) is 67.8 Å². The van der Waals surface area contributed by atoms with Crippen LogP contribution in [-0.2, 0) is 0 Å². The summed E-state index contributed by atoms with van der Waals surface area (Å²) in [5, 5.41) is 12.2. The number of aromatic hydroxyl groups is 1. The molecule has 0 bridgehead atoms. The van der Waals surface area contributed by atoms with Crippen LogP contribution >= 0.6 is 0 Å². The summed E-state index contributed by atoms with van der Waals surface area (Å²) in [6.07, 6.45) is 0. The van der Waals surface area contributed by atoms with Gasteiger partial charge in [0.1, 0.15) is 23.0 Å². The lowest BCUT2D eigenvalue weighted by Crippen LogP contribution is -2.12. The molecule has 0 saturated heterocycles. The minimum absolute atomic E-state index is 0.184. The van der Waals surface area contributed by atoms with Gasteiger partial charge in [0.15, 0.2) is 0 Å². The van der Waals surface area contributed by atoms with Crippen molar-refractivity contribution >= 4 is 11.6 Å². The van der Waals surface area contributed by atoms with Crippen LogP contribution in [0, 0.1) is 6.92 Å². The average molecular weight is 349 g/mol. The van der Waals surface area contributed by atoms with E-state index in [0.717, 1.165) is 5.56 Å². The summed E-state index contributed by atoms with van der Waals surface area (Å²) >= 11 is 0. The Labute approximate surface area is 151 Å². The Bertz CT molecular complexity index is 920. The third-order valence-corrected chi connectivity index (χ3v) is 3.85. The molecular formula is C21H19NO4. The number of carbonyl (C=O) groups is 1. The summed E-state index contributed by atoms with van der Waals surface area (Å²) in [4.78, 5) is 12.4. The molecule has 0 aliphatic carbocycles. The van der Waals surface area contributed by atoms with Gasteiger partial charge in [0, 0.05) is 11.3 Å². The standard InChI is InChI=1S/C21H19NO4/c1-14-12-19(26-17-8-6-16(23)7-9-17)10-11-20(14)22-21(24)15-4-3-5-18(13-15)25-2/h3-13,23H,1-2H3,(H,22,24). The number of aryl methyl sites for hydroxylation is 1. The van der Waals surface area contributed by atoms with E-state index in [-0.39, 0.29) is 11.7 Å². The number of phenols is 1. The average Bonchev–Trinajstić information content (AvgIpc) is 2.66. The minimum atomic E-state index is -0.209. The Hall–Kier alpha value is -3.47. The molecule has 0 spiro atoms. The first kappa shape index (κ1) is 17.4. The fraction of sp³-hybridized carbons (Fsp3) is 0.0952. The number of methoxy groups -OCH3 is 1. The van der Waals surface area contributed by atoms with Gasteiger partial charge in [-0.25, -0.2) is 0 Å². The zero-order valence-corrected chi connectivity index (χ0v) is 14.5. The molecule has 3 aromatic carbocycles. The van der Waals surface area contributed by atoms with Crippen LogP contribution in [0.25, 0.3) is 0 Å². The highest BCUT2D eigenvalue weighted by atomic mass is 16.5. The van der Waals surface area contributed by atoms with E-state index in [1.165, 1.54) is 0 Å². The van der Waals surface area contributed by atoms with Gasteiger partial charge in [0.05, 0.1) is 7.11 Å². The maximum Gasteiger partial charge on any atom is 0.255 e. The summed E-state index contributed by atoms with van der Waals surface area (Å²) < 4.78 is 10.9. The van der Waals surface area contributed by atoms with Crippen molar-refractivity contribution in [1.29, 1.82) is 0 Å². The first-order chi connectivity index (χ1) is 12.5. The smallest absolute Gasteiger partial charge is 0.255 e. The molecule has 0 heterocycles. The van der Waals surface area contributed by atoms with Gasteiger partial charge in [0.2, 0.25) is 0 Å². The molecule has 3 rings (SSSR count). The third kappa shape index (κ3) is 4.13. The second kappa shape index (κ2) is 7.61. The lowest BCUT2D eigenvalue weighted by Gasteiger charge is -2.12. The van der Waals surface area contributed by atoms with Crippen LogP contribution in [0.3, 0.4) is 0 Å². The molecule has 0 aromatic heterocycles. The summed E-state index contributed by atoms with van der Waals surface area (Å²) in [5.74, 6) is 1.87. The number of benzene rings is 3. The van der Waals surface area contributed by atoms with Crippen molar-refractivity contribution in [2.24, 2.45) is 0 Å². The molecule has 0 saturated carbocycles. The third-order valence-electron chi connectivity index (χ3n) is 3.85. The molecule has 3 aromatic rings. The van der Waals surface area contributed by atoms with Gasteiger partial charge in [-0.1, -0.05) is 6.07 Å². The van der Waals surface area contributed by atoms with Gasteiger partial charge in [-0.3, -0.25) is 4.79 Å². The van der Waals surface area contributed by atoms with Gasteiger partial charge in [0.25, 0.3) is 5.91 Å². The van der Waals surface area contributed by atoms with E-state index >= 15 is 0 Å². The van der Waals surface area contributed by atoms with E-state index in [2.05, 4.69) is 5.32 Å². The van der Waals surface area contributed by atoms with Crippen molar-refractivity contribution in [3.05, 3.63) is 77.9 Å². The Morgan fingerprint density at radius 1 is 0.923 bits per heavy atom. The molecule has 0 atom stereocenters. The summed E-state index contributed by atoms with van der Waals surface area (Å²) in [6, 6.07) is 18.9. The normalized spacial score (nSPS) is 10.2. The number of carbonyl (C=O) groups excluding carboxylic acids is 1. The van der Waals surface area contributed by atoms with E-state index in [0.29, 0.717) is 28.5 Å². The highest BCUT2D eigenvalue weighted by Crippen LogP contribution is 2.27. The molecule has 0 radical (unpaired) electrons. The highest BCUT2D eigenvalue weighted by molar-refractivity contribution is 6.04. The number of rotatable bonds is 5. The topological polar surface area (TPSA) is 67.8 Å². The van der Waals surface area contributed by atoms with Gasteiger partial charge in [-0.05, 0) is 73.2 Å².